The molecule has 0 aliphatic carbocycles. The van der Waals surface area contributed by atoms with Gasteiger partial charge < -0.3 is 5.32 Å². The van der Waals surface area contributed by atoms with E-state index < -0.39 is 0 Å². The van der Waals surface area contributed by atoms with Crippen LogP contribution >= 0.6 is 0 Å². The molecule has 2 rings (SSSR count). The Kier molecular flexibility index (Phi) is 2.40. The van der Waals surface area contributed by atoms with Crippen molar-refractivity contribution in [1.29, 1.82) is 0 Å². The number of carbonyl (C=O) groups is 1. The van der Waals surface area contributed by atoms with Gasteiger partial charge in [0.25, 0.3) is 0 Å². The Morgan fingerprint density at radius 2 is 2.14 bits per heavy atom. The summed E-state index contributed by atoms with van der Waals surface area (Å²) in [6, 6.07) is 9.84. The van der Waals surface area contributed by atoms with Gasteiger partial charge in [-0.2, -0.15) is 0 Å². The Bertz CT molecular complexity index is 448. The fraction of sp³-hybridized carbons (Fsp3) is 0.0909. The van der Waals surface area contributed by atoms with Crippen molar-refractivity contribution in [3.05, 3.63) is 42.1 Å². The number of benzene rings is 1. The third kappa shape index (κ3) is 1.57. The molecular weight excluding hydrogens is 176 g/mol. The fourth-order valence-electron chi connectivity index (χ4n) is 1.46. The molecule has 70 valence electrons. The molecule has 0 unspecified atom stereocenters. The zero-order valence-electron chi connectivity index (χ0n) is 7.60. The number of pyridine rings is 1. The second-order valence-electron chi connectivity index (χ2n) is 2.99. The first-order valence-corrected chi connectivity index (χ1v) is 4.41. The van der Waals surface area contributed by atoms with Gasteiger partial charge in [-0.1, -0.05) is 24.3 Å². The minimum absolute atomic E-state index is 0.526. The molecule has 0 fully saturated rings. The summed E-state index contributed by atoms with van der Waals surface area (Å²) in [5.41, 5.74) is 1.99. The van der Waals surface area contributed by atoms with E-state index in [4.69, 9.17) is 0 Å². The van der Waals surface area contributed by atoms with E-state index in [1.165, 1.54) is 0 Å². The average molecular weight is 186 g/mol. The number of fused-ring (bicyclic) bond motifs is 1. The molecule has 0 aliphatic heterocycles. The molecule has 0 aliphatic rings. The number of hydrogen-bond donors (Lipinski definition) is 1. The average Bonchev–Trinajstić information content (AvgIpc) is 2.26. The van der Waals surface area contributed by atoms with Gasteiger partial charge in [-0.3, -0.25) is 9.78 Å². The standard InChI is InChI=1S/C11H10N2O/c14-8-12-7-10-4-1-3-9-5-2-6-13-11(9)10/h1-6,8H,7H2,(H,12,14). The monoisotopic (exact) mass is 186 g/mol. The molecule has 2 aromatic rings. The highest BCUT2D eigenvalue weighted by Gasteiger charge is 1.99. The van der Waals surface area contributed by atoms with Crippen molar-refractivity contribution in [2.75, 3.05) is 0 Å². The predicted molar refractivity (Wildman–Crippen MR) is 54.6 cm³/mol. The number of carbonyl (C=O) groups excluding carboxylic acids is 1. The van der Waals surface area contributed by atoms with Crippen molar-refractivity contribution in [1.82, 2.24) is 10.3 Å². The van der Waals surface area contributed by atoms with Gasteiger partial charge in [-0.15, -0.1) is 0 Å². The molecule has 1 aromatic carbocycles. The highest BCUT2D eigenvalue weighted by molar-refractivity contribution is 5.81. The highest BCUT2D eigenvalue weighted by atomic mass is 16.1. The maximum atomic E-state index is 10.2. The van der Waals surface area contributed by atoms with Crippen molar-refractivity contribution in [2.45, 2.75) is 6.54 Å². The number of amides is 1. The maximum absolute atomic E-state index is 10.2. The van der Waals surface area contributed by atoms with Gasteiger partial charge >= 0.3 is 0 Å². The number of nitrogens with zero attached hydrogens (tertiary/aromatic N) is 1. The molecule has 0 atom stereocenters. The van der Waals surface area contributed by atoms with Crippen molar-refractivity contribution in [3.63, 3.8) is 0 Å². The van der Waals surface area contributed by atoms with Crippen molar-refractivity contribution in [2.24, 2.45) is 0 Å². The number of rotatable bonds is 3. The summed E-state index contributed by atoms with van der Waals surface area (Å²) >= 11 is 0. The van der Waals surface area contributed by atoms with Crippen molar-refractivity contribution < 1.29 is 4.79 Å². The van der Waals surface area contributed by atoms with Gasteiger partial charge in [0.2, 0.25) is 6.41 Å². The maximum Gasteiger partial charge on any atom is 0.207 e. The summed E-state index contributed by atoms with van der Waals surface area (Å²) < 4.78 is 0. The summed E-state index contributed by atoms with van der Waals surface area (Å²) in [6.07, 6.45) is 2.45. The Morgan fingerprint density at radius 3 is 3.00 bits per heavy atom. The second kappa shape index (κ2) is 3.87. The lowest BCUT2D eigenvalue weighted by molar-refractivity contribution is -0.109. The van der Waals surface area contributed by atoms with Gasteiger partial charge in [0, 0.05) is 18.1 Å². The number of hydrogen-bond acceptors (Lipinski definition) is 2. The highest BCUT2D eigenvalue weighted by Crippen LogP contribution is 2.15. The van der Waals surface area contributed by atoms with Crippen LogP contribution in [0.1, 0.15) is 5.56 Å². The molecule has 0 radical (unpaired) electrons. The first-order valence-electron chi connectivity index (χ1n) is 4.41. The van der Waals surface area contributed by atoms with E-state index in [1.54, 1.807) is 6.20 Å². The number of nitrogens with one attached hydrogen (secondary N) is 1. The first kappa shape index (κ1) is 8.69. The van der Waals surface area contributed by atoms with Gasteiger partial charge in [-0.25, -0.2) is 0 Å². The zero-order valence-corrected chi connectivity index (χ0v) is 7.60. The fourth-order valence-corrected chi connectivity index (χ4v) is 1.46. The van der Waals surface area contributed by atoms with E-state index >= 15 is 0 Å². The first-order chi connectivity index (χ1) is 6.92. The normalized spacial score (nSPS) is 10.0. The summed E-state index contributed by atoms with van der Waals surface area (Å²) in [5.74, 6) is 0. The van der Waals surface area contributed by atoms with E-state index in [0.717, 1.165) is 16.5 Å². The predicted octanol–water partition coefficient (Wildman–Crippen LogP) is 1.48. The Balaban J connectivity index is 2.48. The van der Waals surface area contributed by atoms with Crippen LogP contribution in [-0.2, 0) is 11.3 Å². The van der Waals surface area contributed by atoms with Gasteiger partial charge in [0.15, 0.2) is 0 Å². The third-order valence-corrected chi connectivity index (χ3v) is 2.09. The quantitative estimate of drug-likeness (QED) is 0.738. The third-order valence-electron chi connectivity index (χ3n) is 2.09. The summed E-state index contributed by atoms with van der Waals surface area (Å²) in [7, 11) is 0. The molecule has 0 bridgehead atoms. The lowest BCUT2D eigenvalue weighted by atomic mass is 10.1. The van der Waals surface area contributed by atoms with Crippen LogP contribution in [0.15, 0.2) is 36.5 Å². The molecule has 3 nitrogen and oxygen atoms in total. The summed E-state index contributed by atoms with van der Waals surface area (Å²) in [5, 5.41) is 3.73. The van der Waals surface area contributed by atoms with E-state index in [-0.39, 0.29) is 0 Å². The Morgan fingerprint density at radius 1 is 1.29 bits per heavy atom. The van der Waals surface area contributed by atoms with Crippen LogP contribution in [0, 0.1) is 0 Å². The molecule has 1 heterocycles. The topological polar surface area (TPSA) is 42.0 Å². The van der Waals surface area contributed by atoms with E-state index in [9.17, 15) is 4.79 Å². The van der Waals surface area contributed by atoms with Crippen LogP contribution in [0.25, 0.3) is 10.9 Å². The van der Waals surface area contributed by atoms with Crippen LogP contribution in [0.5, 0.6) is 0 Å². The Hall–Kier alpha value is -1.90. The molecule has 3 heteroatoms. The molecular formula is C11H10N2O. The second-order valence-corrected chi connectivity index (χ2v) is 2.99. The largest absolute Gasteiger partial charge is 0.355 e. The smallest absolute Gasteiger partial charge is 0.207 e. The Labute approximate surface area is 81.8 Å². The molecule has 14 heavy (non-hydrogen) atoms. The molecule has 1 amide bonds. The summed E-state index contributed by atoms with van der Waals surface area (Å²) in [6.45, 7) is 0.526. The molecule has 0 saturated carbocycles. The zero-order chi connectivity index (χ0) is 9.80. The molecule has 0 saturated heterocycles. The van der Waals surface area contributed by atoms with Crippen LogP contribution in [0.3, 0.4) is 0 Å². The van der Waals surface area contributed by atoms with Crippen LogP contribution in [0.4, 0.5) is 0 Å². The van der Waals surface area contributed by atoms with E-state index in [2.05, 4.69) is 10.3 Å². The number of aromatic nitrogens is 1. The lowest BCUT2D eigenvalue weighted by Gasteiger charge is -2.03. The van der Waals surface area contributed by atoms with Gasteiger partial charge in [-0.05, 0) is 11.6 Å². The lowest BCUT2D eigenvalue weighted by Crippen LogP contribution is -2.10. The van der Waals surface area contributed by atoms with E-state index in [0.29, 0.717) is 13.0 Å². The molecule has 1 aromatic heterocycles. The number of para-hydroxylation sites is 1. The van der Waals surface area contributed by atoms with Crippen molar-refractivity contribution >= 4 is 17.3 Å². The molecule has 0 spiro atoms. The van der Waals surface area contributed by atoms with Crippen LogP contribution < -0.4 is 5.32 Å². The van der Waals surface area contributed by atoms with E-state index in [1.807, 2.05) is 30.3 Å². The summed E-state index contributed by atoms with van der Waals surface area (Å²) in [4.78, 5) is 14.5. The van der Waals surface area contributed by atoms with Crippen LogP contribution in [0.2, 0.25) is 0 Å². The SMILES string of the molecule is O=CNCc1cccc2cccnc12. The van der Waals surface area contributed by atoms with Crippen molar-refractivity contribution in [3.8, 4) is 0 Å². The van der Waals surface area contributed by atoms with Crippen LogP contribution in [-0.4, -0.2) is 11.4 Å². The van der Waals surface area contributed by atoms with Gasteiger partial charge in [0.1, 0.15) is 0 Å². The van der Waals surface area contributed by atoms with Gasteiger partial charge in [0.05, 0.1) is 5.52 Å². The molecule has 1 N–H and O–H groups in total. The minimum Gasteiger partial charge on any atom is -0.355 e. The minimum atomic E-state index is 0.526.